The van der Waals surface area contributed by atoms with Crippen LogP contribution in [0.2, 0.25) is 0 Å². The van der Waals surface area contributed by atoms with Gasteiger partial charge in [0.15, 0.2) is 5.54 Å². The van der Waals surface area contributed by atoms with E-state index in [4.69, 9.17) is 4.74 Å². The first kappa shape index (κ1) is 19.6. The van der Waals surface area contributed by atoms with Gasteiger partial charge in [0.25, 0.3) is 5.91 Å². The van der Waals surface area contributed by atoms with E-state index in [1.54, 1.807) is 12.0 Å². The van der Waals surface area contributed by atoms with E-state index >= 15 is 0 Å². The maximum absolute atomic E-state index is 13.6. The third kappa shape index (κ3) is 2.69. The Morgan fingerprint density at radius 3 is 2.68 bits per heavy atom. The first-order valence-corrected chi connectivity index (χ1v) is 10.5. The fourth-order valence-electron chi connectivity index (χ4n) is 5.21. The van der Waals surface area contributed by atoms with Crippen molar-refractivity contribution in [1.29, 1.82) is 0 Å². The first-order valence-electron chi connectivity index (χ1n) is 10.5. The zero-order chi connectivity index (χ0) is 21.8. The summed E-state index contributed by atoms with van der Waals surface area (Å²) in [6.45, 7) is 2.12. The summed E-state index contributed by atoms with van der Waals surface area (Å²) in [5.41, 5.74) is 2.51. The number of aliphatic hydroxyl groups excluding tert-OH is 1. The molecule has 1 fully saturated rings. The number of rotatable bonds is 4. The maximum Gasteiger partial charge on any atom is 0.255 e. The lowest BCUT2D eigenvalue weighted by Crippen LogP contribution is -2.67. The second kappa shape index (κ2) is 7.13. The second-order valence-electron chi connectivity index (χ2n) is 8.28. The van der Waals surface area contributed by atoms with E-state index in [0.717, 1.165) is 33.5 Å². The van der Waals surface area contributed by atoms with E-state index in [9.17, 15) is 14.7 Å². The van der Waals surface area contributed by atoms with Crippen LogP contribution in [0.25, 0.3) is 10.9 Å². The molecule has 7 nitrogen and oxygen atoms in total. The number of nitrogens with zero attached hydrogens (tertiary/aromatic N) is 2. The number of carbonyl (C=O) groups is 2. The Balaban J connectivity index is 1.78. The molecule has 7 heteroatoms. The molecule has 160 valence electrons. The van der Waals surface area contributed by atoms with Crippen LogP contribution in [0.15, 0.2) is 48.5 Å². The van der Waals surface area contributed by atoms with Crippen molar-refractivity contribution in [3.8, 4) is 5.75 Å². The number of aromatic nitrogens is 1. The summed E-state index contributed by atoms with van der Waals surface area (Å²) in [6, 6.07) is 15.8. The zero-order valence-electron chi connectivity index (χ0n) is 17.6. The van der Waals surface area contributed by atoms with Crippen LogP contribution in [0, 0.1) is 0 Å². The van der Waals surface area contributed by atoms with Crippen molar-refractivity contribution in [3.63, 3.8) is 0 Å². The van der Waals surface area contributed by atoms with E-state index in [1.165, 1.54) is 4.90 Å². The molecule has 3 heterocycles. The zero-order valence-corrected chi connectivity index (χ0v) is 17.6. The monoisotopic (exact) mass is 419 g/mol. The van der Waals surface area contributed by atoms with Crippen LogP contribution in [0.3, 0.4) is 0 Å². The molecule has 31 heavy (non-hydrogen) atoms. The summed E-state index contributed by atoms with van der Waals surface area (Å²) in [7, 11) is 1.64. The summed E-state index contributed by atoms with van der Waals surface area (Å²) in [4.78, 5) is 33.4. The predicted molar refractivity (Wildman–Crippen MR) is 116 cm³/mol. The van der Waals surface area contributed by atoms with Gasteiger partial charge in [0.05, 0.1) is 26.0 Å². The lowest BCUT2D eigenvalue weighted by atomic mass is 9.76. The highest BCUT2D eigenvalue weighted by atomic mass is 16.5. The molecule has 5 rings (SSSR count). The van der Waals surface area contributed by atoms with Gasteiger partial charge in [-0.3, -0.25) is 9.59 Å². The number of ether oxygens (including phenoxy) is 1. The highest BCUT2D eigenvalue weighted by Gasteiger charge is 2.56. The van der Waals surface area contributed by atoms with Crippen LogP contribution in [0.1, 0.15) is 29.7 Å². The number of H-pyrrole nitrogens is 1. The van der Waals surface area contributed by atoms with Crippen molar-refractivity contribution >= 4 is 22.7 Å². The summed E-state index contributed by atoms with van der Waals surface area (Å²) in [5, 5.41) is 10.5. The molecule has 2 amide bonds. The average Bonchev–Trinajstić information content (AvgIpc) is 3.18. The third-order valence-corrected chi connectivity index (χ3v) is 6.70. The second-order valence-corrected chi connectivity index (χ2v) is 8.28. The van der Waals surface area contributed by atoms with Gasteiger partial charge in [-0.2, -0.15) is 0 Å². The minimum Gasteiger partial charge on any atom is -0.496 e. The van der Waals surface area contributed by atoms with Crippen LogP contribution >= 0.6 is 0 Å². The molecule has 0 saturated carbocycles. The number of methoxy groups -OCH3 is 1. The largest absolute Gasteiger partial charge is 0.496 e. The highest BCUT2D eigenvalue weighted by Crippen LogP contribution is 2.49. The topological polar surface area (TPSA) is 85.9 Å². The number of β-amino-alcohol motifs (C(OH)–C–C–N with tert-alkyl or cyclic N) is 1. The van der Waals surface area contributed by atoms with E-state index in [2.05, 4.69) is 4.98 Å². The minimum absolute atomic E-state index is 0.0246. The lowest BCUT2D eigenvalue weighted by molar-refractivity contribution is -0.166. The molecule has 2 N–H and O–H groups in total. The van der Waals surface area contributed by atoms with Crippen molar-refractivity contribution in [2.75, 3.05) is 33.4 Å². The number of carbonyl (C=O) groups excluding carboxylic acids is 2. The van der Waals surface area contributed by atoms with Crippen LogP contribution in [-0.2, 0) is 15.1 Å². The molecule has 3 aromatic rings. The Morgan fingerprint density at radius 1 is 1.16 bits per heavy atom. The number of benzene rings is 2. The van der Waals surface area contributed by atoms with Gasteiger partial charge >= 0.3 is 0 Å². The number of piperazine rings is 1. The highest BCUT2D eigenvalue weighted by molar-refractivity contribution is 6.01. The van der Waals surface area contributed by atoms with Gasteiger partial charge in [-0.25, -0.2) is 0 Å². The van der Waals surface area contributed by atoms with Gasteiger partial charge in [-0.15, -0.1) is 0 Å². The number of nitrogens with one attached hydrogen (secondary N) is 1. The Kier molecular flexibility index (Phi) is 4.51. The number of para-hydroxylation sites is 2. The Morgan fingerprint density at radius 2 is 1.90 bits per heavy atom. The van der Waals surface area contributed by atoms with Crippen LogP contribution in [0.5, 0.6) is 5.75 Å². The lowest BCUT2D eigenvalue weighted by Gasteiger charge is -2.51. The predicted octanol–water partition coefficient (Wildman–Crippen LogP) is 2.20. The average molecular weight is 419 g/mol. The molecule has 0 aliphatic carbocycles. The van der Waals surface area contributed by atoms with Crippen molar-refractivity contribution in [2.24, 2.45) is 0 Å². The fourth-order valence-corrected chi connectivity index (χ4v) is 5.21. The fraction of sp³-hybridized carbons (Fsp3) is 0.333. The molecule has 2 unspecified atom stereocenters. The molecule has 1 saturated heterocycles. The molecular formula is C24H25N3O4. The number of hydrogen-bond acceptors (Lipinski definition) is 4. The quantitative estimate of drug-likeness (QED) is 0.679. The van der Waals surface area contributed by atoms with Gasteiger partial charge in [0, 0.05) is 35.5 Å². The maximum atomic E-state index is 13.6. The van der Waals surface area contributed by atoms with E-state index in [0.29, 0.717) is 6.54 Å². The van der Waals surface area contributed by atoms with Crippen LogP contribution in [-0.4, -0.2) is 65.1 Å². The normalized spacial score (nSPS) is 23.1. The van der Waals surface area contributed by atoms with Crippen molar-refractivity contribution < 1.29 is 19.4 Å². The molecular weight excluding hydrogens is 394 g/mol. The summed E-state index contributed by atoms with van der Waals surface area (Å²) in [6.07, 6.45) is 0. The Bertz CT molecular complexity index is 1190. The van der Waals surface area contributed by atoms with Crippen LogP contribution in [0.4, 0.5) is 0 Å². The molecule has 0 bridgehead atoms. The standard InChI is InChI=1S/C24H25N3O4/c1-24-22-21(16-8-3-5-9-18(16)25-22)17(15-7-4-6-10-19(15)31-2)13-27(24)20(29)14-26(11-12-28)23(24)30/h3-10,17,25,28H,11-14H2,1-2H3. The summed E-state index contributed by atoms with van der Waals surface area (Å²) >= 11 is 0. The minimum atomic E-state index is -1.16. The number of amides is 2. The smallest absolute Gasteiger partial charge is 0.255 e. The van der Waals surface area contributed by atoms with Gasteiger partial charge in [-0.05, 0) is 24.6 Å². The molecule has 0 radical (unpaired) electrons. The van der Waals surface area contributed by atoms with E-state index in [-0.39, 0.29) is 37.4 Å². The number of hydrogen-bond donors (Lipinski definition) is 2. The molecule has 2 aliphatic heterocycles. The molecule has 1 aromatic heterocycles. The Labute approximate surface area is 180 Å². The van der Waals surface area contributed by atoms with Gasteiger partial charge in [0.1, 0.15) is 5.75 Å². The summed E-state index contributed by atoms with van der Waals surface area (Å²) in [5.74, 6) is 0.314. The van der Waals surface area contributed by atoms with Crippen molar-refractivity contribution in [1.82, 2.24) is 14.8 Å². The van der Waals surface area contributed by atoms with Crippen LogP contribution < -0.4 is 4.74 Å². The molecule has 2 atom stereocenters. The van der Waals surface area contributed by atoms with E-state index < -0.39 is 5.54 Å². The van der Waals surface area contributed by atoms with Crippen molar-refractivity contribution in [2.45, 2.75) is 18.4 Å². The van der Waals surface area contributed by atoms with Gasteiger partial charge in [0.2, 0.25) is 5.91 Å². The van der Waals surface area contributed by atoms with Gasteiger partial charge < -0.3 is 24.6 Å². The first-order chi connectivity index (χ1) is 15.0. The van der Waals surface area contributed by atoms with Gasteiger partial charge in [-0.1, -0.05) is 36.4 Å². The molecule has 2 aliphatic rings. The molecule has 0 spiro atoms. The van der Waals surface area contributed by atoms with Crippen molar-refractivity contribution in [3.05, 3.63) is 65.4 Å². The number of fused-ring (bicyclic) bond motifs is 5. The summed E-state index contributed by atoms with van der Waals surface area (Å²) < 4.78 is 5.64. The number of aliphatic hydroxyl groups is 1. The van der Waals surface area contributed by atoms with E-state index in [1.807, 2.05) is 55.5 Å². The SMILES string of the molecule is COc1ccccc1C1CN2C(=O)CN(CCO)C(=O)C2(C)c2[nH]c3ccccc3c21. The molecule has 2 aromatic carbocycles. The number of aromatic amines is 1. The Hall–Kier alpha value is -3.32. The third-order valence-electron chi connectivity index (χ3n) is 6.70.